The Balaban J connectivity index is 1.42. The number of benzene rings is 1. The number of fused-ring (bicyclic) bond motifs is 1. The first kappa shape index (κ1) is 18.6. The third-order valence-corrected chi connectivity index (χ3v) is 4.41. The Labute approximate surface area is 156 Å². The average Bonchev–Trinajstić information content (AvgIpc) is 3.05. The van der Waals surface area contributed by atoms with Crippen molar-refractivity contribution >= 4 is 17.9 Å². The maximum atomic E-state index is 11.7. The fourth-order valence-electron chi connectivity index (χ4n) is 2.94. The molecular formula is C18H23N5O4. The molecule has 0 bridgehead atoms. The summed E-state index contributed by atoms with van der Waals surface area (Å²) in [6.45, 7) is 3.73. The standard InChI is InChI=1S/C18H23N5O4/c1-13-10-23-16(11-22(13)18(25)26)15(9-21-23)19-7-8-20-17(24)27-12-14-5-3-2-4-6-14/h2-6,9,13,19H,7-8,10-12H2,1H3,(H,20,24)(H,25,26)/t13-/m0/s1. The second-order valence-corrected chi connectivity index (χ2v) is 6.36. The lowest BCUT2D eigenvalue weighted by Gasteiger charge is -2.32. The fraction of sp³-hybridized carbons (Fsp3) is 0.389. The van der Waals surface area contributed by atoms with E-state index in [9.17, 15) is 14.7 Å². The van der Waals surface area contributed by atoms with Crippen molar-refractivity contribution in [2.45, 2.75) is 32.7 Å². The Kier molecular flexibility index (Phi) is 5.80. The summed E-state index contributed by atoms with van der Waals surface area (Å²) in [6.07, 6.45) is 0.258. The molecule has 9 nitrogen and oxygen atoms in total. The molecule has 27 heavy (non-hydrogen) atoms. The summed E-state index contributed by atoms with van der Waals surface area (Å²) in [5, 5.41) is 19.4. The molecule has 1 aromatic carbocycles. The number of amides is 2. The van der Waals surface area contributed by atoms with Crippen LogP contribution in [0.4, 0.5) is 15.3 Å². The van der Waals surface area contributed by atoms with Gasteiger partial charge < -0.3 is 20.5 Å². The van der Waals surface area contributed by atoms with Gasteiger partial charge in [0.15, 0.2) is 0 Å². The zero-order chi connectivity index (χ0) is 19.2. The van der Waals surface area contributed by atoms with Crippen molar-refractivity contribution in [3.8, 4) is 0 Å². The summed E-state index contributed by atoms with van der Waals surface area (Å²) < 4.78 is 6.96. The van der Waals surface area contributed by atoms with Crippen molar-refractivity contribution in [3.05, 3.63) is 47.8 Å². The number of hydrogen-bond donors (Lipinski definition) is 3. The van der Waals surface area contributed by atoms with Crippen LogP contribution in [-0.4, -0.2) is 51.1 Å². The predicted molar refractivity (Wildman–Crippen MR) is 98.4 cm³/mol. The lowest BCUT2D eigenvalue weighted by molar-refractivity contribution is 0.105. The molecule has 2 amide bonds. The molecule has 0 fully saturated rings. The van der Waals surface area contributed by atoms with Crippen LogP contribution in [0.2, 0.25) is 0 Å². The molecule has 3 N–H and O–H groups in total. The van der Waals surface area contributed by atoms with E-state index in [4.69, 9.17) is 4.74 Å². The molecule has 3 rings (SSSR count). The summed E-state index contributed by atoms with van der Waals surface area (Å²) in [7, 11) is 0. The van der Waals surface area contributed by atoms with Crippen molar-refractivity contribution in [1.82, 2.24) is 20.0 Å². The van der Waals surface area contributed by atoms with E-state index in [1.54, 1.807) is 6.20 Å². The molecule has 0 saturated carbocycles. The van der Waals surface area contributed by atoms with E-state index in [0.717, 1.165) is 16.9 Å². The van der Waals surface area contributed by atoms with E-state index in [1.165, 1.54) is 4.90 Å². The van der Waals surface area contributed by atoms with E-state index in [0.29, 0.717) is 19.6 Å². The number of anilines is 1. The summed E-state index contributed by atoms with van der Waals surface area (Å²) >= 11 is 0. The van der Waals surface area contributed by atoms with Crippen molar-refractivity contribution in [2.75, 3.05) is 18.4 Å². The maximum Gasteiger partial charge on any atom is 0.407 e. The van der Waals surface area contributed by atoms with Gasteiger partial charge in [0.25, 0.3) is 0 Å². The van der Waals surface area contributed by atoms with Crippen LogP contribution >= 0.6 is 0 Å². The van der Waals surface area contributed by atoms with Crippen LogP contribution < -0.4 is 10.6 Å². The molecule has 1 atom stereocenters. The van der Waals surface area contributed by atoms with Gasteiger partial charge in [-0.05, 0) is 12.5 Å². The molecular weight excluding hydrogens is 350 g/mol. The fourth-order valence-corrected chi connectivity index (χ4v) is 2.94. The van der Waals surface area contributed by atoms with Gasteiger partial charge in [-0.2, -0.15) is 5.10 Å². The molecule has 2 aromatic rings. The molecule has 0 radical (unpaired) electrons. The highest BCUT2D eigenvalue weighted by Crippen LogP contribution is 2.23. The van der Waals surface area contributed by atoms with Crippen LogP contribution in [0, 0.1) is 0 Å². The van der Waals surface area contributed by atoms with Gasteiger partial charge >= 0.3 is 12.2 Å². The van der Waals surface area contributed by atoms with E-state index >= 15 is 0 Å². The first-order chi connectivity index (χ1) is 13.0. The van der Waals surface area contributed by atoms with Crippen LogP contribution in [0.3, 0.4) is 0 Å². The Morgan fingerprint density at radius 1 is 1.30 bits per heavy atom. The van der Waals surface area contributed by atoms with Crippen LogP contribution in [0.5, 0.6) is 0 Å². The molecule has 0 unspecified atom stereocenters. The van der Waals surface area contributed by atoms with Gasteiger partial charge in [0.2, 0.25) is 0 Å². The maximum absolute atomic E-state index is 11.7. The Hall–Kier alpha value is -3.23. The van der Waals surface area contributed by atoms with Gasteiger partial charge in [0.1, 0.15) is 6.61 Å². The summed E-state index contributed by atoms with van der Waals surface area (Å²) in [5.74, 6) is 0. The summed E-state index contributed by atoms with van der Waals surface area (Å²) in [5.41, 5.74) is 2.52. The second kappa shape index (κ2) is 8.43. The number of alkyl carbamates (subject to hydrolysis) is 1. The first-order valence-corrected chi connectivity index (χ1v) is 8.77. The lowest BCUT2D eigenvalue weighted by atomic mass is 10.2. The third-order valence-electron chi connectivity index (χ3n) is 4.41. The summed E-state index contributed by atoms with van der Waals surface area (Å²) in [4.78, 5) is 24.4. The van der Waals surface area contributed by atoms with Gasteiger partial charge in [0, 0.05) is 13.1 Å². The quantitative estimate of drug-likeness (QED) is 0.669. The number of carbonyl (C=O) groups is 2. The zero-order valence-corrected chi connectivity index (χ0v) is 15.1. The van der Waals surface area contributed by atoms with Gasteiger partial charge in [-0.1, -0.05) is 30.3 Å². The molecule has 1 aliphatic heterocycles. The Morgan fingerprint density at radius 2 is 2.07 bits per heavy atom. The number of rotatable bonds is 6. The lowest BCUT2D eigenvalue weighted by Crippen LogP contribution is -2.44. The Morgan fingerprint density at radius 3 is 2.81 bits per heavy atom. The monoisotopic (exact) mass is 373 g/mol. The molecule has 0 saturated heterocycles. The minimum Gasteiger partial charge on any atom is -0.465 e. The van der Waals surface area contributed by atoms with E-state index in [2.05, 4.69) is 15.7 Å². The minimum atomic E-state index is -0.941. The van der Waals surface area contributed by atoms with Crippen molar-refractivity contribution in [2.24, 2.45) is 0 Å². The van der Waals surface area contributed by atoms with E-state index < -0.39 is 12.2 Å². The van der Waals surface area contributed by atoms with Crippen molar-refractivity contribution < 1.29 is 19.4 Å². The smallest absolute Gasteiger partial charge is 0.407 e. The van der Waals surface area contributed by atoms with E-state index in [-0.39, 0.29) is 19.2 Å². The molecule has 144 valence electrons. The third kappa shape index (κ3) is 4.69. The average molecular weight is 373 g/mol. The van der Waals surface area contributed by atoms with Crippen LogP contribution in [0.25, 0.3) is 0 Å². The normalized spacial score (nSPS) is 15.7. The number of nitrogens with one attached hydrogen (secondary N) is 2. The molecule has 0 spiro atoms. The number of ether oxygens (including phenoxy) is 1. The van der Waals surface area contributed by atoms with Crippen LogP contribution in [-0.2, 0) is 24.4 Å². The number of hydrogen-bond acceptors (Lipinski definition) is 5. The van der Waals surface area contributed by atoms with Crippen LogP contribution in [0.15, 0.2) is 36.5 Å². The topological polar surface area (TPSA) is 109 Å². The highest BCUT2D eigenvalue weighted by molar-refractivity contribution is 5.67. The van der Waals surface area contributed by atoms with Gasteiger partial charge in [-0.25, -0.2) is 9.59 Å². The van der Waals surface area contributed by atoms with Crippen LogP contribution in [0.1, 0.15) is 18.2 Å². The molecule has 2 heterocycles. The van der Waals surface area contributed by atoms with Gasteiger partial charge in [-0.15, -0.1) is 0 Å². The Bertz CT molecular complexity index is 792. The number of aromatic nitrogens is 2. The molecule has 0 aliphatic carbocycles. The van der Waals surface area contributed by atoms with Crippen molar-refractivity contribution in [1.29, 1.82) is 0 Å². The second-order valence-electron chi connectivity index (χ2n) is 6.36. The minimum absolute atomic E-state index is 0.121. The molecule has 1 aliphatic rings. The predicted octanol–water partition coefficient (Wildman–Crippen LogP) is 2.10. The van der Waals surface area contributed by atoms with E-state index in [1.807, 2.05) is 41.9 Å². The number of carboxylic acid groups (broad SMARTS) is 1. The van der Waals surface area contributed by atoms with Crippen molar-refractivity contribution in [3.63, 3.8) is 0 Å². The summed E-state index contributed by atoms with van der Waals surface area (Å²) in [6, 6.07) is 9.34. The molecule has 1 aromatic heterocycles. The largest absolute Gasteiger partial charge is 0.465 e. The highest BCUT2D eigenvalue weighted by Gasteiger charge is 2.28. The number of nitrogens with zero attached hydrogens (tertiary/aromatic N) is 3. The SMILES string of the molecule is C[C@H]1Cn2ncc(NCCNC(=O)OCc3ccccc3)c2CN1C(=O)O. The van der Waals surface area contributed by atoms with Gasteiger partial charge in [-0.3, -0.25) is 9.58 Å². The zero-order valence-electron chi connectivity index (χ0n) is 15.1. The highest BCUT2D eigenvalue weighted by atomic mass is 16.5. The van der Waals surface area contributed by atoms with Gasteiger partial charge in [0.05, 0.1) is 36.7 Å². The first-order valence-electron chi connectivity index (χ1n) is 8.77. The molecule has 9 heteroatoms. The number of carbonyl (C=O) groups excluding carboxylic acids is 1.